The largest absolute Gasteiger partial charge is 0.398 e. The highest BCUT2D eigenvalue weighted by Crippen LogP contribution is 2.18. The van der Waals surface area contributed by atoms with Crippen LogP contribution in [-0.2, 0) is 0 Å². The highest BCUT2D eigenvalue weighted by Gasteiger charge is 2.08. The topological polar surface area (TPSA) is 78.9 Å². The number of nitriles is 1. The van der Waals surface area contributed by atoms with E-state index in [1.807, 2.05) is 5.32 Å². The lowest BCUT2D eigenvalue weighted by atomic mass is 10.2. The number of carbonyl (C=O) groups excluding carboxylic acids is 1. The van der Waals surface area contributed by atoms with Crippen LogP contribution < -0.4 is 11.1 Å². The predicted molar refractivity (Wildman–Crippen MR) is 51.6 cm³/mol. The molecule has 0 fully saturated rings. The van der Waals surface area contributed by atoms with Crippen LogP contribution in [0, 0.1) is 11.5 Å². The van der Waals surface area contributed by atoms with E-state index in [2.05, 4.69) is 15.9 Å². The molecule has 1 aromatic rings. The van der Waals surface area contributed by atoms with Gasteiger partial charge in [0.05, 0.1) is 5.56 Å². The van der Waals surface area contributed by atoms with Crippen LogP contribution in [0.15, 0.2) is 22.7 Å². The molecule has 0 aliphatic heterocycles. The summed E-state index contributed by atoms with van der Waals surface area (Å²) in [5.74, 6) is -0.493. The number of rotatable bonds is 1. The summed E-state index contributed by atoms with van der Waals surface area (Å²) in [6.07, 6.45) is 1.54. The summed E-state index contributed by atoms with van der Waals surface area (Å²) in [7, 11) is 0. The second-order valence-electron chi connectivity index (χ2n) is 2.30. The van der Waals surface area contributed by atoms with Gasteiger partial charge in [-0.25, -0.2) is 0 Å². The van der Waals surface area contributed by atoms with Crippen molar-refractivity contribution in [1.82, 2.24) is 5.32 Å². The van der Waals surface area contributed by atoms with Gasteiger partial charge < -0.3 is 5.73 Å². The second kappa shape index (κ2) is 3.92. The molecule has 0 aliphatic carbocycles. The Hall–Kier alpha value is -1.54. The number of nitrogens with one attached hydrogen (secondary N) is 1. The molecule has 66 valence electrons. The number of anilines is 1. The lowest BCUT2D eigenvalue weighted by molar-refractivity contribution is 0.0974. The van der Waals surface area contributed by atoms with Crippen molar-refractivity contribution < 1.29 is 4.79 Å². The minimum atomic E-state index is -0.493. The zero-order valence-corrected chi connectivity index (χ0v) is 8.13. The molecule has 0 saturated carbocycles. The Kier molecular flexibility index (Phi) is 2.88. The first kappa shape index (κ1) is 9.55. The molecule has 0 bridgehead atoms. The van der Waals surface area contributed by atoms with Gasteiger partial charge in [0.2, 0.25) is 0 Å². The Morgan fingerprint density at radius 2 is 2.31 bits per heavy atom. The summed E-state index contributed by atoms with van der Waals surface area (Å²) in [6, 6.07) is 4.83. The van der Waals surface area contributed by atoms with Crippen LogP contribution in [0.2, 0.25) is 0 Å². The van der Waals surface area contributed by atoms with E-state index >= 15 is 0 Å². The fourth-order valence-corrected chi connectivity index (χ4v) is 1.24. The fourth-order valence-electron chi connectivity index (χ4n) is 0.858. The number of benzene rings is 1. The molecule has 5 heteroatoms. The van der Waals surface area contributed by atoms with E-state index in [4.69, 9.17) is 11.0 Å². The van der Waals surface area contributed by atoms with Crippen LogP contribution in [0.1, 0.15) is 10.4 Å². The van der Waals surface area contributed by atoms with Gasteiger partial charge in [0.15, 0.2) is 6.19 Å². The van der Waals surface area contributed by atoms with E-state index in [-0.39, 0.29) is 0 Å². The number of hydrogen-bond donors (Lipinski definition) is 2. The summed E-state index contributed by atoms with van der Waals surface area (Å²) >= 11 is 3.21. The van der Waals surface area contributed by atoms with Gasteiger partial charge in [-0.15, -0.1) is 0 Å². The number of nitrogen functional groups attached to an aromatic ring is 1. The van der Waals surface area contributed by atoms with Gasteiger partial charge in [0, 0.05) is 10.2 Å². The lowest BCUT2D eigenvalue weighted by Crippen LogP contribution is -2.18. The van der Waals surface area contributed by atoms with Crippen molar-refractivity contribution in [2.24, 2.45) is 0 Å². The van der Waals surface area contributed by atoms with Crippen LogP contribution in [0.25, 0.3) is 0 Å². The fraction of sp³-hybridized carbons (Fsp3) is 0. The lowest BCUT2D eigenvalue weighted by Gasteiger charge is -2.02. The van der Waals surface area contributed by atoms with Crippen molar-refractivity contribution in [1.29, 1.82) is 5.26 Å². The van der Waals surface area contributed by atoms with Crippen molar-refractivity contribution in [3.8, 4) is 6.19 Å². The molecule has 0 heterocycles. The molecule has 0 aliphatic rings. The van der Waals surface area contributed by atoms with Gasteiger partial charge in [-0.1, -0.05) is 15.9 Å². The molecule has 0 atom stereocenters. The third kappa shape index (κ3) is 2.20. The molecule has 1 amide bonds. The van der Waals surface area contributed by atoms with Gasteiger partial charge in [-0.05, 0) is 18.2 Å². The predicted octanol–water partition coefficient (Wildman–Crippen LogP) is 1.24. The van der Waals surface area contributed by atoms with Crippen LogP contribution in [0.5, 0.6) is 0 Å². The minimum absolute atomic E-state index is 0.296. The molecule has 3 N–H and O–H groups in total. The van der Waals surface area contributed by atoms with Crippen LogP contribution >= 0.6 is 15.9 Å². The van der Waals surface area contributed by atoms with Crippen LogP contribution in [0.4, 0.5) is 5.69 Å². The summed E-state index contributed by atoms with van der Waals surface area (Å²) in [5.41, 5.74) is 6.18. The van der Waals surface area contributed by atoms with Gasteiger partial charge in [0.25, 0.3) is 5.91 Å². The molecule has 0 saturated heterocycles. The number of hydrogen-bond acceptors (Lipinski definition) is 3. The third-order valence-corrected chi connectivity index (χ3v) is 1.92. The first-order valence-electron chi connectivity index (χ1n) is 3.39. The highest BCUT2D eigenvalue weighted by molar-refractivity contribution is 9.10. The van der Waals surface area contributed by atoms with E-state index in [1.54, 1.807) is 24.4 Å². The molecule has 1 rings (SSSR count). The first-order chi connectivity index (χ1) is 6.15. The highest BCUT2D eigenvalue weighted by atomic mass is 79.9. The van der Waals surface area contributed by atoms with E-state index in [9.17, 15) is 4.79 Å². The van der Waals surface area contributed by atoms with E-state index in [1.165, 1.54) is 0 Å². The second-order valence-corrected chi connectivity index (χ2v) is 3.21. The maximum atomic E-state index is 11.1. The van der Waals surface area contributed by atoms with Crippen molar-refractivity contribution in [2.45, 2.75) is 0 Å². The van der Waals surface area contributed by atoms with Crippen molar-refractivity contribution in [3.63, 3.8) is 0 Å². The van der Waals surface area contributed by atoms with Crippen LogP contribution in [0.3, 0.4) is 0 Å². The third-order valence-electron chi connectivity index (χ3n) is 1.43. The monoisotopic (exact) mass is 239 g/mol. The van der Waals surface area contributed by atoms with Gasteiger partial charge in [-0.2, -0.15) is 5.26 Å². The van der Waals surface area contributed by atoms with Crippen molar-refractivity contribution in [3.05, 3.63) is 28.2 Å². The zero-order valence-electron chi connectivity index (χ0n) is 6.54. The van der Waals surface area contributed by atoms with Crippen molar-refractivity contribution in [2.75, 3.05) is 5.73 Å². The van der Waals surface area contributed by atoms with E-state index in [0.717, 1.165) is 4.47 Å². The normalized spacial score (nSPS) is 8.92. The Morgan fingerprint density at radius 1 is 1.62 bits per heavy atom. The molecule has 0 radical (unpaired) electrons. The van der Waals surface area contributed by atoms with Gasteiger partial charge >= 0.3 is 0 Å². The number of nitrogens with zero attached hydrogens (tertiary/aromatic N) is 1. The first-order valence-corrected chi connectivity index (χ1v) is 4.19. The summed E-state index contributed by atoms with van der Waals surface area (Å²) in [4.78, 5) is 11.1. The average molecular weight is 240 g/mol. The molecule has 1 aromatic carbocycles. The SMILES string of the molecule is N#CNC(=O)c1ccc(Br)cc1N. The molecule has 0 aromatic heterocycles. The summed E-state index contributed by atoms with van der Waals surface area (Å²) in [5, 5.41) is 10.2. The Labute approximate surface area is 83.5 Å². The smallest absolute Gasteiger partial charge is 0.266 e. The van der Waals surface area contributed by atoms with E-state index in [0.29, 0.717) is 11.3 Å². The number of amides is 1. The molecule has 0 spiro atoms. The molecule has 4 nitrogen and oxygen atoms in total. The number of carbonyl (C=O) groups is 1. The number of halogens is 1. The van der Waals surface area contributed by atoms with Gasteiger partial charge in [-0.3, -0.25) is 10.1 Å². The van der Waals surface area contributed by atoms with E-state index < -0.39 is 5.91 Å². The standard InChI is InChI=1S/C8H6BrN3O/c9-5-1-2-6(7(11)3-5)8(13)12-4-10/h1-3H,11H2,(H,12,13). The quantitative estimate of drug-likeness (QED) is 0.440. The van der Waals surface area contributed by atoms with Crippen molar-refractivity contribution >= 4 is 27.5 Å². The molecular formula is C8H6BrN3O. The zero-order chi connectivity index (χ0) is 9.84. The maximum absolute atomic E-state index is 11.1. The maximum Gasteiger partial charge on any atom is 0.266 e. The molecule has 13 heavy (non-hydrogen) atoms. The molecule has 0 unspecified atom stereocenters. The summed E-state index contributed by atoms with van der Waals surface area (Å²) in [6.45, 7) is 0. The van der Waals surface area contributed by atoms with Gasteiger partial charge in [0.1, 0.15) is 0 Å². The minimum Gasteiger partial charge on any atom is -0.398 e. The Bertz CT molecular complexity index is 383. The Morgan fingerprint density at radius 3 is 2.85 bits per heavy atom. The molecular weight excluding hydrogens is 234 g/mol. The number of nitrogens with two attached hydrogens (primary N) is 1. The Balaban J connectivity index is 3.03. The average Bonchev–Trinajstić information content (AvgIpc) is 2.04. The summed E-state index contributed by atoms with van der Waals surface area (Å²) < 4.78 is 0.790. The van der Waals surface area contributed by atoms with Crippen LogP contribution in [-0.4, -0.2) is 5.91 Å².